The van der Waals surface area contributed by atoms with Gasteiger partial charge in [-0.15, -0.1) is 11.6 Å². The third-order valence-corrected chi connectivity index (χ3v) is 2.47. The van der Waals surface area contributed by atoms with Gasteiger partial charge in [0, 0.05) is 24.7 Å². The fourth-order valence-corrected chi connectivity index (χ4v) is 1.27. The molecule has 0 amide bonds. The molecule has 1 aromatic rings. The Morgan fingerprint density at radius 2 is 2.33 bits per heavy atom. The fraction of sp³-hybridized carbons (Fsp3) is 0.444. The van der Waals surface area contributed by atoms with Gasteiger partial charge in [-0.3, -0.25) is 14.9 Å². The zero-order valence-corrected chi connectivity index (χ0v) is 8.98. The molecule has 1 rings (SSSR count). The second-order valence-corrected chi connectivity index (χ2v) is 3.72. The van der Waals surface area contributed by atoms with Gasteiger partial charge in [0.05, 0.1) is 11.1 Å². The van der Waals surface area contributed by atoms with E-state index in [2.05, 4.69) is 0 Å². The van der Waals surface area contributed by atoms with E-state index in [4.69, 9.17) is 11.6 Å². The van der Waals surface area contributed by atoms with Crippen LogP contribution < -0.4 is 5.43 Å². The number of hydrogen-bond donors (Lipinski definition) is 0. The minimum atomic E-state index is -0.676. The average molecular weight is 231 g/mol. The van der Waals surface area contributed by atoms with Crippen LogP contribution in [-0.4, -0.2) is 15.4 Å². The maximum atomic E-state index is 11.1. The number of pyridine rings is 1. The topological polar surface area (TPSA) is 65.1 Å². The van der Waals surface area contributed by atoms with Crippen molar-refractivity contribution in [2.24, 2.45) is 5.92 Å². The van der Waals surface area contributed by atoms with Gasteiger partial charge in [0.2, 0.25) is 0 Å². The highest BCUT2D eigenvalue weighted by atomic mass is 35.5. The Balaban J connectivity index is 2.98. The SMILES string of the molecule is CC(CCl)Cn1ccc(=O)c([N+](=O)[O-])c1. The zero-order valence-electron chi connectivity index (χ0n) is 8.22. The predicted molar refractivity (Wildman–Crippen MR) is 57.2 cm³/mol. The zero-order chi connectivity index (χ0) is 11.4. The highest BCUT2D eigenvalue weighted by Gasteiger charge is 2.12. The smallest absolute Gasteiger partial charge is 0.332 e. The van der Waals surface area contributed by atoms with Crippen molar-refractivity contribution in [3.8, 4) is 0 Å². The Bertz CT molecular complexity index is 416. The number of aromatic nitrogens is 1. The van der Waals surface area contributed by atoms with Gasteiger partial charge >= 0.3 is 5.69 Å². The monoisotopic (exact) mass is 230 g/mol. The van der Waals surface area contributed by atoms with Gasteiger partial charge in [-0.05, 0) is 5.92 Å². The number of nitrogens with zero attached hydrogens (tertiary/aromatic N) is 2. The van der Waals surface area contributed by atoms with Crippen LogP contribution in [0.2, 0.25) is 0 Å². The van der Waals surface area contributed by atoms with Crippen LogP contribution in [0.5, 0.6) is 0 Å². The number of nitro groups is 1. The third-order valence-electron chi connectivity index (χ3n) is 1.94. The molecule has 0 saturated carbocycles. The van der Waals surface area contributed by atoms with Gasteiger partial charge in [0.1, 0.15) is 0 Å². The Morgan fingerprint density at radius 1 is 1.67 bits per heavy atom. The van der Waals surface area contributed by atoms with Crippen molar-refractivity contribution >= 4 is 17.3 Å². The number of halogens is 1. The minimum absolute atomic E-state index is 0.203. The lowest BCUT2D eigenvalue weighted by Gasteiger charge is -2.09. The van der Waals surface area contributed by atoms with Crippen LogP contribution in [-0.2, 0) is 6.54 Å². The Morgan fingerprint density at radius 3 is 2.87 bits per heavy atom. The molecule has 5 nitrogen and oxygen atoms in total. The normalized spacial score (nSPS) is 12.4. The molecular formula is C9H11ClN2O3. The largest absolute Gasteiger partial charge is 0.348 e. The van der Waals surface area contributed by atoms with Crippen molar-refractivity contribution in [2.45, 2.75) is 13.5 Å². The van der Waals surface area contributed by atoms with Gasteiger partial charge in [0.15, 0.2) is 0 Å². The molecule has 1 aromatic heterocycles. The van der Waals surface area contributed by atoms with Crippen LogP contribution in [0.1, 0.15) is 6.92 Å². The van der Waals surface area contributed by atoms with Crippen molar-refractivity contribution in [2.75, 3.05) is 5.88 Å². The molecule has 0 spiro atoms. The highest BCUT2D eigenvalue weighted by Crippen LogP contribution is 2.06. The van der Waals surface area contributed by atoms with E-state index in [0.29, 0.717) is 12.4 Å². The summed E-state index contributed by atoms with van der Waals surface area (Å²) in [7, 11) is 0. The summed E-state index contributed by atoms with van der Waals surface area (Å²) in [5.41, 5.74) is -0.978. The molecule has 0 aliphatic heterocycles. The van der Waals surface area contributed by atoms with Gasteiger partial charge in [-0.1, -0.05) is 6.92 Å². The first kappa shape index (κ1) is 11.7. The summed E-state index contributed by atoms with van der Waals surface area (Å²) in [5, 5.41) is 10.5. The van der Waals surface area contributed by atoms with E-state index < -0.39 is 16.0 Å². The van der Waals surface area contributed by atoms with Crippen LogP contribution in [0, 0.1) is 16.0 Å². The number of alkyl halides is 1. The van der Waals surface area contributed by atoms with Crippen molar-refractivity contribution in [1.82, 2.24) is 4.57 Å². The van der Waals surface area contributed by atoms with Crippen molar-refractivity contribution in [3.63, 3.8) is 0 Å². The van der Waals surface area contributed by atoms with Crippen molar-refractivity contribution in [3.05, 3.63) is 38.8 Å². The molecule has 0 saturated heterocycles. The Hall–Kier alpha value is -1.36. The first-order chi connectivity index (χ1) is 7.04. The quantitative estimate of drug-likeness (QED) is 0.449. The van der Waals surface area contributed by atoms with E-state index in [-0.39, 0.29) is 5.92 Å². The van der Waals surface area contributed by atoms with Crippen molar-refractivity contribution in [1.29, 1.82) is 0 Å². The third kappa shape index (κ3) is 3.06. The molecular weight excluding hydrogens is 220 g/mol. The second-order valence-electron chi connectivity index (χ2n) is 3.41. The Kier molecular flexibility index (Phi) is 3.85. The van der Waals surface area contributed by atoms with Gasteiger partial charge < -0.3 is 4.57 Å². The molecule has 0 N–H and O–H groups in total. The van der Waals surface area contributed by atoms with Crippen LogP contribution in [0.3, 0.4) is 0 Å². The lowest BCUT2D eigenvalue weighted by molar-refractivity contribution is -0.386. The molecule has 6 heteroatoms. The molecule has 0 aliphatic carbocycles. The van der Waals surface area contributed by atoms with E-state index in [0.717, 1.165) is 0 Å². The molecule has 1 unspecified atom stereocenters. The molecule has 82 valence electrons. The predicted octanol–water partition coefficient (Wildman–Crippen LogP) is 1.63. The molecule has 1 heterocycles. The lowest BCUT2D eigenvalue weighted by Crippen LogP contribution is -2.14. The van der Waals surface area contributed by atoms with Gasteiger partial charge in [-0.25, -0.2) is 0 Å². The van der Waals surface area contributed by atoms with Gasteiger partial charge in [-0.2, -0.15) is 0 Å². The molecule has 0 bridgehead atoms. The first-order valence-electron chi connectivity index (χ1n) is 4.45. The molecule has 0 radical (unpaired) electrons. The number of rotatable bonds is 4. The van der Waals surface area contributed by atoms with E-state index >= 15 is 0 Å². The number of hydrogen-bond acceptors (Lipinski definition) is 3. The van der Waals surface area contributed by atoms with Crippen LogP contribution in [0.4, 0.5) is 5.69 Å². The average Bonchev–Trinajstić information content (AvgIpc) is 2.20. The Labute approximate surface area is 91.4 Å². The van der Waals surface area contributed by atoms with Crippen LogP contribution >= 0.6 is 11.6 Å². The minimum Gasteiger partial charge on any atom is -0.348 e. The summed E-state index contributed by atoms with van der Waals surface area (Å²) in [5.74, 6) is 0.675. The van der Waals surface area contributed by atoms with E-state index in [1.807, 2.05) is 6.92 Å². The van der Waals surface area contributed by atoms with Crippen LogP contribution in [0.15, 0.2) is 23.3 Å². The molecule has 0 fully saturated rings. The first-order valence-corrected chi connectivity index (χ1v) is 4.98. The van der Waals surface area contributed by atoms with E-state index in [1.54, 1.807) is 4.57 Å². The van der Waals surface area contributed by atoms with Crippen molar-refractivity contribution < 1.29 is 4.92 Å². The summed E-state index contributed by atoms with van der Waals surface area (Å²) in [6, 6.07) is 1.19. The lowest BCUT2D eigenvalue weighted by atomic mass is 10.2. The fourth-order valence-electron chi connectivity index (χ4n) is 1.17. The van der Waals surface area contributed by atoms with Crippen LogP contribution in [0.25, 0.3) is 0 Å². The molecule has 0 aliphatic rings. The molecule has 15 heavy (non-hydrogen) atoms. The maximum Gasteiger partial charge on any atom is 0.332 e. The molecule has 1 atom stereocenters. The van der Waals surface area contributed by atoms with E-state index in [9.17, 15) is 14.9 Å². The summed E-state index contributed by atoms with van der Waals surface area (Å²) >= 11 is 5.63. The van der Waals surface area contributed by atoms with E-state index in [1.165, 1.54) is 18.5 Å². The molecule has 0 aromatic carbocycles. The summed E-state index contributed by atoms with van der Waals surface area (Å²) in [6.07, 6.45) is 2.77. The standard InChI is InChI=1S/C9H11ClN2O3/c1-7(4-10)5-11-3-2-9(13)8(6-11)12(14)15/h2-3,6-7H,4-5H2,1H3. The van der Waals surface area contributed by atoms with Gasteiger partial charge in [0.25, 0.3) is 5.43 Å². The summed E-state index contributed by atoms with van der Waals surface area (Å²) < 4.78 is 1.60. The summed E-state index contributed by atoms with van der Waals surface area (Å²) in [4.78, 5) is 20.9. The second kappa shape index (κ2) is 4.93. The maximum absolute atomic E-state index is 11.1. The summed E-state index contributed by atoms with van der Waals surface area (Å²) in [6.45, 7) is 2.49. The highest BCUT2D eigenvalue weighted by molar-refractivity contribution is 6.18.